The highest BCUT2D eigenvalue weighted by atomic mass is 16.5. The average Bonchev–Trinajstić information content (AvgIpc) is 2.54. The molecule has 1 fully saturated rings. The van der Waals surface area contributed by atoms with Crippen LogP contribution in [0.5, 0.6) is 0 Å². The molecule has 7 heteroatoms. The van der Waals surface area contributed by atoms with E-state index in [1.165, 1.54) is 0 Å². The van der Waals surface area contributed by atoms with E-state index in [-0.39, 0.29) is 12.1 Å². The van der Waals surface area contributed by atoms with Gasteiger partial charge < -0.3 is 5.11 Å². The molecule has 0 spiro atoms. The SMILES string of the molecule is CC(C)NC(O)N1CCN(Cc2ccc(C(=O)NO)cc2)C[C@@H]1C. The molecule has 4 N–H and O–H groups in total. The minimum Gasteiger partial charge on any atom is -0.365 e. The molecule has 1 aliphatic rings. The van der Waals surface area contributed by atoms with Crippen molar-refractivity contribution in [1.29, 1.82) is 0 Å². The van der Waals surface area contributed by atoms with E-state index in [1.54, 1.807) is 17.6 Å². The molecule has 1 aromatic rings. The third kappa shape index (κ3) is 4.99. The number of piperazine rings is 1. The molecule has 0 aliphatic carbocycles. The summed E-state index contributed by atoms with van der Waals surface area (Å²) in [6.45, 7) is 9.50. The number of carbonyl (C=O) groups excluding carboxylic acids is 1. The van der Waals surface area contributed by atoms with Gasteiger partial charge in [-0.2, -0.15) is 0 Å². The maximum absolute atomic E-state index is 11.3. The molecule has 0 bridgehead atoms. The van der Waals surface area contributed by atoms with Crippen molar-refractivity contribution < 1.29 is 15.1 Å². The van der Waals surface area contributed by atoms with Gasteiger partial charge in [0.2, 0.25) is 0 Å². The topological polar surface area (TPSA) is 88.1 Å². The van der Waals surface area contributed by atoms with Crippen LogP contribution >= 0.6 is 0 Å². The highest BCUT2D eigenvalue weighted by molar-refractivity contribution is 5.93. The van der Waals surface area contributed by atoms with Crippen molar-refractivity contribution in [2.75, 3.05) is 19.6 Å². The van der Waals surface area contributed by atoms with E-state index in [9.17, 15) is 9.90 Å². The number of nitrogens with one attached hydrogen (secondary N) is 2. The Bertz CT molecular complexity index is 535. The van der Waals surface area contributed by atoms with Gasteiger partial charge in [-0.15, -0.1) is 0 Å². The second-order valence-electron chi connectivity index (χ2n) is 6.65. The molecule has 0 saturated carbocycles. The molecule has 2 rings (SSSR count). The second kappa shape index (κ2) is 8.55. The van der Waals surface area contributed by atoms with Crippen molar-refractivity contribution in [1.82, 2.24) is 20.6 Å². The van der Waals surface area contributed by atoms with Crippen LogP contribution in [0.15, 0.2) is 24.3 Å². The standard InChI is InChI=1S/C17H28N4O3/c1-12(2)18-17(23)21-9-8-20(10-13(21)3)11-14-4-6-15(7-5-14)16(22)19-24/h4-7,12-13,17-18,23-24H,8-11H2,1-3H3,(H,19,22)/t13-,17?/m0/s1. The Balaban J connectivity index is 1.88. The molecule has 1 amide bonds. The Morgan fingerprint density at radius 3 is 2.50 bits per heavy atom. The molecule has 1 heterocycles. The number of aliphatic hydroxyl groups is 1. The van der Waals surface area contributed by atoms with Gasteiger partial charge in [0.25, 0.3) is 5.91 Å². The number of amides is 1. The lowest BCUT2D eigenvalue weighted by atomic mass is 10.1. The van der Waals surface area contributed by atoms with Crippen LogP contribution in [0.25, 0.3) is 0 Å². The summed E-state index contributed by atoms with van der Waals surface area (Å²) >= 11 is 0. The van der Waals surface area contributed by atoms with E-state index < -0.39 is 12.3 Å². The third-order valence-electron chi connectivity index (χ3n) is 4.28. The molecule has 1 aromatic carbocycles. The fourth-order valence-electron chi connectivity index (χ4n) is 3.03. The largest absolute Gasteiger partial charge is 0.365 e. The molecule has 0 radical (unpaired) electrons. The van der Waals surface area contributed by atoms with Gasteiger partial charge in [-0.05, 0) is 38.5 Å². The number of rotatable bonds is 6. The predicted molar refractivity (Wildman–Crippen MR) is 91.4 cm³/mol. The lowest BCUT2D eigenvalue weighted by molar-refractivity contribution is -0.0775. The zero-order chi connectivity index (χ0) is 17.7. The molecular weight excluding hydrogens is 308 g/mol. The van der Waals surface area contributed by atoms with Crippen LogP contribution in [0.1, 0.15) is 36.7 Å². The maximum Gasteiger partial charge on any atom is 0.274 e. The summed E-state index contributed by atoms with van der Waals surface area (Å²) in [4.78, 5) is 15.7. The van der Waals surface area contributed by atoms with Crippen molar-refractivity contribution >= 4 is 5.91 Å². The van der Waals surface area contributed by atoms with Crippen molar-refractivity contribution in [3.05, 3.63) is 35.4 Å². The predicted octanol–water partition coefficient (Wildman–Crippen LogP) is 0.586. The van der Waals surface area contributed by atoms with E-state index in [4.69, 9.17) is 5.21 Å². The van der Waals surface area contributed by atoms with Gasteiger partial charge in [-0.1, -0.05) is 12.1 Å². The van der Waals surface area contributed by atoms with Crippen LogP contribution in [0, 0.1) is 0 Å². The number of aliphatic hydroxyl groups excluding tert-OH is 1. The Hall–Kier alpha value is -1.51. The molecule has 1 saturated heterocycles. The summed E-state index contributed by atoms with van der Waals surface area (Å²) in [5, 5.41) is 22.0. The van der Waals surface area contributed by atoms with Crippen LogP contribution in [0.4, 0.5) is 0 Å². The summed E-state index contributed by atoms with van der Waals surface area (Å²) < 4.78 is 0. The zero-order valence-electron chi connectivity index (χ0n) is 14.6. The lowest BCUT2D eigenvalue weighted by Gasteiger charge is -2.42. The Morgan fingerprint density at radius 2 is 1.96 bits per heavy atom. The Morgan fingerprint density at radius 1 is 1.29 bits per heavy atom. The first-order valence-electron chi connectivity index (χ1n) is 8.36. The molecule has 1 aliphatic heterocycles. The molecule has 2 atom stereocenters. The van der Waals surface area contributed by atoms with Crippen molar-refractivity contribution in [2.45, 2.75) is 45.8 Å². The number of hydroxylamine groups is 1. The van der Waals surface area contributed by atoms with Crippen molar-refractivity contribution in [3.8, 4) is 0 Å². The van der Waals surface area contributed by atoms with Crippen LogP contribution in [-0.4, -0.2) is 64.1 Å². The van der Waals surface area contributed by atoms with Crippen molar-refractivity contribution in [3.63, 3.8) is 0 Å². The lowest BCUT2D eigenvalue weighted by Crippen LogP contribution is -2.59. The van der Waals surface area contributed by atoms with Gasteiger partial charge in [-0.3, -0.25) is 25.1 Å². The summed E-state index contributed by atoms with van der Waals surface area (Å²) in [5.74, 6) is -0.504. The molecule has 7 nitrogen and oxygen atoms in total. The first kappa shape index (κ1) is 18.8. The minimum atomic E-state index is -0.613. The minimum absolute atomic E-state index is 0.236. The Kier molecular flexibility index (Phi) is 6.70. The molecular formula is C17H28N4O3. The number of hydrogen-bond acceptors (Lipinski definition) is 6. The van der Waals surface area contributed by atoms with E-state index in [0.29, 0.717) is 5.56 Å². The first-order valence-corrected chi connectivity index (χ1v) is 8.36. The van der Waals surface area contributed by atoms with Crippen molar-refractivity contribution in [2.24, 2.45) is 0 Å². The van der Waals surface area contributed by atoms with Crippen LogP contribution in [-0.2, 0) is 6.54 Å². The van der Waals surface area contributed by atoms with Gasteiger partial charge in [-0.25, -0.2) is 5.48 Å². The van der Waals surface area contributed by atoms with E-state index in [1.807, 2.05) is 26.0 Å². The molecule has 134 valence electrons. The summed E-state index contributed by atoms with van der Waals surface area (Å²) in [5.41, 5.74) is 3.18. The van der Waals surface area contributed by atoms with Gasteiger partial charge in [0, 0.05) is 43.8 Å². The van der Waals surface area contributed by atoms with E-state index in [2.05, 4.69) is 22.0 Å². The van der Waals surface area contributed by atoms with Gasteiger partial charge in [0.1, 0.15) is 0 Å². The van der Waals surface area contributed by atoms with Crippen LogP contribution < -0.4 is 10.8 Å². The van der Waals surface area contributed by atoms with Crippen LogP contribution in [0.3, 0.4) is 0 Å². The van der Waals surface area contributed by atoms with Gasteiger partial charge >= 0.3 is 0 Å². The van der Waals surface area contributed by atoms with E-state index >= 15 is 0 Å². The third-order valence-corrected chi connectivity index (χ3v) is 4.28. The highest BCUT2D eigenvalue weighted by Gasteiger charge is 2.28. The monoisotopic (exact) mass is 336 g/mol. The number of nitrogens with zero attached hydrogens (tertiary/aromatic N) is 2. The number of benzene rings is 1. The number of carbonyl (C=O) groups is 1. The summed E-state index contributed by atoms with van der Waals surface area (Å²) in [7, 11) is 0. The zero-order valence-corrected chi connectivity index (χ0v) is 14.6. The van der Waals surface area contributed by atoms with E-state index in [0.717, 1.165) is 31.7 Å². The summed E-state index contributed by atoms with van der Waals surface area (Å²) in [6, 6.07) is 7.70. The molecule has 24 heavy (non-hydrogen) atoms. The highest BCUT2D eigenvalue weighted by Crippen LogP contribution is 2.15. The quantitative estimate of drug-likeness (QED) is 0.345. The average molecular weight is 336 g/mol. The van der Waals surface area contributed by atoms with Crippen LogP contribution in [0.2, 0.25) is 0 Å². The Labute approximate surface area is 143 Å². The maximum atomic E-state index is 11.3. The van der Waals surface area contributed by atoms with Gasteiger partial charge in [0.15, 0.2) is 6.35 Å². The molecule has 0 aromatic heterocycles. The fourth-order valence-corrected chi connectivity index (χ4v) is 3.03. The van der Waals surface area contributed by atoms with Gasteiger partial charge in [0.05, 0.1) is 0 Å². The first-order chi connectivity index (χ1) is 11.4. The fraction of sp³-hybridized carbons (Fsp3) is 0.588. The normalized spacial score (nSPS) is 21.0. The second-order valence-corrected chi connectivity index (χ2v) is 6.65. The smallest absolute Gasteiger partial charge is 0.274 e. The number of hydrogen-bond donors (Lipinski definition) is 4. The molecule has 1 unspecified atom stereocenters. The summed E-state index contributed by atoms with van der Waals surface area (Å²) in [6.07, 6.45) is -0.613.